The minimum absolute atomic E-state index is 0.0659. The first-order valence-corrected chi connectivity index (χ1v) is 10.6. The van der Waals surface area contributed by atoms with Gasteiger partial charge in [-0.25, -0.2) is 0 Å². The number of aldehydes is 1. The summed E-state index contributed by atoms with van der Waals surface area (Å²) in [5.74, 6) is -0.0512. The van der Waals surface area contributed by atoms with Crippen molar-refractivity contribution >= 4 is 34.8 Å². The molecule has 8 nitrogen and oxygen atoms in total. The van der Waals surface area contributed by atoms with Crippen molar-refractivity contribution in [1.29, 1.82) is 0 Å². The lowest BCUT2D eigenvalue weighted by atomic mass is 9.94. The molecule has 1 aromatic carbocycles. The van der Waals surface area contributed by atoms with Crippen LogP contribution in [0.3, 0.4) is 0 Å². The predicted octanol–water partition coefficient (Wildman–Crippen LogP) is 2.60. The zero-order valence-electron chi connectivity index (χ0n) is 17.9. The van der Waals surface area contributed by atoms with Gasteiger partial charge in [-0.05, 0) is 48.8 Å². The summed E-state index contributed by atoms with van der Waals surface area (Å²) in [5.41, 5.74) is 8.25. The van der Waals surface area contributed by atoms with Crippen LogP contribution in [0.15, 0.2) is 64.4 Å². The van der Waals surface area contributed by atoms with Crippen LogP contribution in [0.2, 0.25) is 0 Å². The monoisotopic (exact) mass is 434 g/mol. The van der Waals surface area contributed by atoms with E-state index in [1.807, 2.05) is 38.2 Å². The number of hydrogen-bond donors (Lipinski definition) is 4. The molecule has 8 heteroatoms. The van der Waals surface area contributed by atoms with Gasteiger partial charge in [0.15, 0.2) is 12.0 Å². The Morgan fingerprint density at radius 2 is 2.06 bits per heavy atom. The lowest BCUT2D eigenvalue weighted by Crippen LogP contribution is -2.46. The Labute approximate surface area is 185 Å². The Morgan fingerprint density at radius 1 is 1.25 bits per heavy atom. The highest BCUT2D eigenvalue weighted by Crippen LogP contribution is 2.28. The zero-order chi connectivity index (χ0) is 22.8. The third-order valence-electron chi connectivity index (χ3n) is 5.48. The van der Waals surface area contributed by atoms with Gasteiger partial charge in [-0.3, -0.25) is 14.4 Å². The van der Waals surface area contributed by atoms with Crippen LogP contribution in [-0.4, -0.2) is 30.2 Å². The van der Waals surface area contributed by atoms with Crippen molar-refractivity contribution < 1.29 is 18.8 Å². The molecule has 0 fully saturated rings. The molecule has 1 aliphatic heterocycles. The smallest absolute Gasteiger partial charge is 0.271 e. The summed E-state index contributed by atoms with van der Waals surface area (Å²) >= 11 is 0. The normalized spacial score (nSPS) is 20.2. The van der Waals surface area contributed by atoms with Crippen molar-refractivity contribution in [2.24, 2.45) is 17.6 Å². The second-order valence-electron chi connectivity index (χ2n) is 8.49. The van der Waals surface area contributed by atoms with E-state index in [1.165, 1.54) is 0 Å². The molecule has 2 aromatic rings. The lowest BCUT2D eigenvalue weighted by Gasteiger charge is -2.26. The minimum Gasteiger partial charge on any atom is -0.453 e. The highest BCUT2D eigenvalue weighted by molar-refractivity contribution is 6.04. The fraction of sp³-hybridized carbons (Fsp3) is 0.292. The molecule has 0 saturated carbocycles. The number of allylic oxidation sites excluding steroid dienone is 2. The number of carbonyl (C=O) groups is 3. The average Bonchev–Trinajstić information content (AvgIpc) is 3.37. The second kappa shape index (κ2) is 8.84. The third kappa shape index (κ3) is 4.50. The number of furan rings is 1. The summed E-state index contributed by atoms with van der Waals surface area (Å²) in [4.78, 5) is 36.2. The number of benzene rings is 1. The molecule has 2 unspecified atom stereocenters. The molecule has 32 heavy (non-hydrogen) atoms. The van der Waals surface area contributed by atoms with E-state index in [2.05, 4.69) is 16.0 Å². The van der Waals surface area contributed by atoms with E-state index in [9.17, 15) is 14.4 Å². The Balaban J connectivity index is 1.42. The third-order valence-corrected chi connectivity index (χ3v) is 5.48. The van der Waals surface area contributed by atoms with Gasteiger partial charge in [0.1, 0.15) is 5.58 Å². The van der Waals surface area contributed by atoms with Gasteiger partial charge >= 0.3 is 0 Å². The molecule has 0 saturated heterocycles. The summed E-state index contributed by atoms with van der Waals surface area (Å²) in [6, 6.07) is 5.94. The second-order valence-corrected chi connectivity index (χ2v) is 8.49. The van der Waals surface area contributed by atoms with Crippen molar-refractivity contribution in [2.45, 2.75) is 32.4 Å². The van der Waals surface area contributed by atoms with E-state index in [0.29, 0.717) is 41.3 Å². The standard InChI is InChI=1S/C24H26N4O4/c1-13(2)8-18(25)23(30)28-19-5-3-4-14-11-20(27-22(14)19)24(31)26-16-6-7-21-15(9-16)10-17(12-29)32-21/h3-7,9-14,18,22,27H,8,25H2,1-2H3,(H,26,31)(H,28,30)/t14?,18-,22?/m0/s1. The topological polar surface area (TPSA) is 126 Å². The van der Waals surface area contributed by atoms with Crippen LogP contribution in [0.25, 0.3) is 11.0 Å². The average molecular weight is 434 g/mol. The predicted molar refractivity (Wildman–Crippen MR) is 122 cm³/mol. The van der Waals surface area contributed by atoms with Crippen LogP contribution in [0.1, 0.15) is 30.8 Å². The number of hydrogen-bond acceptors (Lipinski definition) is 6. The van der Waals surface area contributed by atoms with Crippen molar-refractivity contribution in [1.82, 2.24) is 10.6 Å². The minimum atomic E-state index is -0.588. The largest absolute Gasteiger partial charge is 0.453 e. The van der Waals surface area contributed by atoms with Gasteiger partial charge in [0.05, 0.1) is 17.8 Å². The van der Waals surface area contributed by atoms with Crippen molar-refractivity contribution in [2.75, 3.05) is 5.32 Å². The molecule has 1 aliphatic carbocycles. The molecular weight excluding hydrogens is 408 g/mol. The maximum atomic E-state index is 12.8. The number of nitrogens with two attached hydrogens (primary N) is 1. The van der Waals surface area contributed by atoms with Gasteiger partial charge in [0, 0.05) is 22.7 Å². The Hall–Kier alpha value is -3.65. The van der Waals surface area contributed by atoms with E-state index in [-0.39, 0.29) is 29.5 Å². The first-order valence-electron chi connectivity index (χ1n) is 10.6. The summed E-state index contributed by atoms with van der Waals surface area (Å²) < 4.78 is 5.36. The summed E-state index contributed by atoms with van der Waals surface area (Å²) in [6.07, 6.45) is 8.73. The van der Waals surface area contributed by atoms with Gasteiger partial charge in [-0.2, -0.15) is 0 Å². The summed E-state index contributed by atoms with van der Waals surface area (Å²) in [7, 11) is 0. The quantitative estimate of drug-likeness (QED) is 0.496. The molecule has 3 atom stereocenters. The van der Waals surface area contributed by atoms with Gasteiger partial charge in [-0.1, -0.05) is 26.0 Å². The molecule has 0 spiro atoms. The van der Waals surface area contributed by atoms with Crippen LogP contribution in [0.5, 0.6) is 0 Å². The highest BCUT2D eigenvalue weighted by atomic mass is 16.3. The number of rotatable bonds is 7. The molecule has 2 heterocycles. The van der Waals surface area contributed by atoms with Crippen molar-refractivity contribution in [3.8, 4) is 0 Å². The maximum Gasteiger partial charge on any atom is 0.271 e. The van der Waals surface area contributed by atoms with Crippen LogP contribution in [0, 0.1) is 11.8 Å². The Morgan fingerprint density at radius 3 is 2.81 bits per heavy atom. The highest BCUT2D eigenvalue weighted by Gasteiger charge is 2.33. The molecule has 0 radical (unpaired) electrons. The number of carbonyl (C=O) groups excluding carboxylic acids is 3. The van der Waals surface area contributed by atoms with E-state index in [4.69, 9.17) is 10.2 Å². The van der Waals surface area contributed by atoms with Gasteiger partial charge in [-0.15, -0.1) is 0 Å². The number of anilines is 1. The van der Waals surface area contributed by atoms with Crippen LogP contribution in [0.4, 0.5) is 5.69 Å². The molecule has 0 bridgehead atoms. The molecule has 5 N–H and O–H groups in total. The maximum absolute atomic E-state index is 12.8. The van der Waals surface area contributed by atoms with Crippen LogP contribution in [-0.2, 0) is 9.59 Å². The molecule has 2 amide bonds. The SMILES string of the molecule is CC(C)C[C@H](N)C(=O)NC1=CC=CC2C=C(C(=O)Nc3ccc4oc(C=O)cc4c3)NC12. The molecule has 166 valence electrons. The van der Waals surface area contributed by atoms with Gasteiger partial charge in [0.25, 0.3) is 5.91 Å². The Kier molecular flexibility index (Phi) is 5.96. The summed E-state index contributed by atoms with van der Waals surface area (Å²) in [5, 5.41) is 9.70. The summed E-state index contributed by atoms with van der Waals surface area (Å²) in [6.45, 7) is 4.04. The van der Waals surface area contributed by atoms with Crippen molar-refractivity contribution in [3.05, 3.63) is 65.7 Å². The first kappa shape index (κ1) is 21.6. The van der Waals surface area contributed by atoms with E-state index in [0.717, 1.165) is 5.39 Å². The number of nitrogens with one attached hydrogen (secondary N) is 3. The van der Waals surface area contributed by atoms with Gasteiger partial charge < -0.3 is 26.1 Å². The lowest BCUT2D eigenvalue weighted by molar-refractivity contribution is -0.122. The van der Waals surface area contributed by atoms with Crippen molar-refractivity contribution in [3.63, 3.8) is 0 Å². The van der Waals surface area contributed by atoms with E-state index in [1.54, 1.807) is 24.3 Å². The molecular formula is C24H26N4O4. The van der Waals surface area contributed by atoms with Gasteiger partial charge in [0.2, 0.25) is 5.91 Å². The van der Waals surface area contributed by atoms with Crippen LogP contribution < -0.4 is 21.7 Å². The molecule has 4 rings (SSSR count). The zero-order valence-corrected chi connectivity index (χ0v) is 17.9. The fourth-order valence-corrected chi connectivity index (χ4v) is 3.95. The number of fused-ring (bicyclic) bond motifs is 2. The number of amides is 2. The molecule has 2 aliphatic rings. The Bertz CT molecular complexity index is 1160. The fourth-order valence-electron chi connectivity index (χ4n) is 3.95. The molecule has 1 aromatic heterocycles. The first-order chi connectivity index (χ1) is 15.3. The van der Waals surface area contributed by atoms with E-state index >= 15 is 0 Å². The van der Waals surface area contributed by atoms with E-state index < -0.39 is 6.04 Å². The van der Waals surface area contributed by atoms with Crippen LogP contribution >= 0.6 is 0 Å².